The Morgan fingerprint density at radius 1 is 1.00 bits per heavy atom. The van der Waals surface area contributed by atoms with Gasteiger partial charge in [-0.2, -0.15) is 0 Å². The summed E-state index contributed by atoms with van der Waals surface area (Å²) in [7, 11) is 2.05. The van der Waals surface area contributed by atoms with Crippen molar-refractivity contribution in [1.29, 1.82) is 0 Å². The molecule has 7 heteroatoms. The molecule has 0 radical (unpaired) electrons. The highest BCUT2D eigenvalue weighted by Crippen LogP contribution is 2.26. The van der Waals surface area contributed by atoms with Gasteiger partial charge in [-0.3, -0.25) is 4.79 Å². The molecule has 38 heavy (non-hydrogen) atoms. The fourth-order valence-corrected chi connectivity index (χ4v) is 4.81. The van der Waals surface area contributed by atoms with Crippen LogP contribution in [0.1, 0.15) is 58.2 Å². The van der Waals surface area contributed by atoms with Gasteiger partial charge in [0.05, 0.1) is 18.1 Å². The van der Waals surface area contributed by atoms with Gasteiger partial charge in [-0.1, -0.05) is 37.3 Å². The van der Waals surface area contributed by atoms with E-state index >= 15 is 0 Å². The standard InChI is InChI=1S/C31H45N3O4/c1-8-23-19-33(7)29-24(12-11-13-26(23)29)20-34(21-28(36-9-2)37-10-3)30(35)27(32)18-22-14-16-25(17-15-22)38-31(4,5)6/h11-17,19,27-28H,8-10,18,20-21,32H2,1-7H3. The highest BCUT2D eigenvalue weighted by molar-refractivity contribution is 5.88. The number of rotatable bonds is 13. The molecule has 3 aromatic rings. The first-order valence-electron chi connectivity index (χ1n) is 13.7. The van der Waals surface area contributed by atoms with Gasteiger partial charge in [-0.05, 0) is 76.3 Å². The highest BCUT2D eigenvalue weighted by atomic mass is 16.7. The summed E-state index contributed by atoms with van der Waals surface area (Å²) < 4.78 is 19.7. The summed E-state index contributed by atoms with van der Waals surface area (Å²) in [6.45, 7) is 13.8. The summed E-state index contributed by atoms with van der Waals surface area (Å²) in [6, 6.07) is 13.4. The number of para-hydroxylation sites is 1. The summed E-state index contributed by atoms with van der Waals surface area (Å²) in [4.78, 5) is 15.6. The van der Waals surface area contributed by atoms with Crippen molar-refractivity contribution in [2.24, 2.45) is 12.8 Å². The van der Waals surface area contributed by atoms with Crippen LogP contribution in [0.15, 0.2) is 48.7 Å². The third kappa shape index (κ3) is 7.82. The van der Waals surface area contributed by atoms with E-state index in [4.69, 9.17) is 19.9 Å². The molecule has 3 rings (SSSR count). The molecule has 0 spiro atoms. The number of amides is 1. The van der Waals surface area contributed by atoms with Crippen LogP contribution >= 0.6 is 0 Å². The number of hydrogen-bond donors (Lipinski definition) is 1. The van der Waals surface area contributed by atoms with Gasteiger partial charge >= 0.3 is 0 Å². The number of aryl methyl sites for hydroxylation is 2. The zero-order valence-electron chi connectivity index (χ0n) is 24.1. The Hall–Kier alpha value is -2.87. The van der Waals surface area contributed by atoms with Gasteiger partial charge in [-0.15, -0.1) is 0 Å². The topological polar surface area (TPSA) is 79.0 Å². The van der Waals surface area contributed by atoms with E-state index in [1.165, 1.54) is 10.9 Å². The van der Waals surface area contributed by atoms with Crippen LogP contribution in [0, 0.1) is 0 Å². The SMILES string of the molecule is CCOC(CN(Cc1cccc2c(CC)cn(C)c12)C(=O)C(N)Cc1ccc(OC(C)(C)C)cc1)OCC. The summed E-state index contributed by atoms with van der Waals surface area (Å²) in [5.74, 6) is 0.660. The van der Waals surface area contributed by atoms with Crippen LogP contribution in [0.5, 0.6) is 5.75 Å². The average molecular weight is 524 g/mol. The molecule has 0 aliphatic carbocycles. The number of aromatic nitrogens is 1. The first-order valence-corrected chi connectivity index (χ1v) is 13.7. The second-order valence-corrected chi connectivity index (χ2v) is 10.7. The quantitative estimate of drug-likeness (QED) is 0.311. The minimum Gasteiger partial charge on any atom is -0.488 e. The second kappa shape index (κ2) is 13.3. The van der Waals surface area contributed by atoms with Crippen molar-refractivity contribution in [2.75, 3.05) is 19.8 Å². The van der Waals surface area contributed by atoms with Crippen molar-refractivity contribution < 1.29 is 19.0 Å². The first kappa shape index (κ1) is 29.7. The van der Waals surface area contributed by atoms with Crippen molar-refractivity contribution in [3.05, 3.63) is 65.4 Å². The number of carbonyl (C=O) groups excluding carboxylic acids is 1. The third-order valence-corrected chi connectivity index (χ3v) is 6.42. The molecule has 0 fully saturated rings. The van der Waals surface area contributed by atoms with Gasteiger partial charge < -0.3 is 29.4 Å². The number of carbonyl (C=O) groups is 1. The molecule has 2 aromatic carbocycles. The lowest BCUT2D eigenvalue weighted by Crippen LogP contribution is -2.48. The monoisotopic (exact) mass is 523 g/mol. The van der Waals surface area contributed by atoms with Crippen molar-refractivity contribution in [1.82, 2.24) is 9.47 Å². The van der Waals surface area contributed by atoms with Crippen LogP contribution in [0.25, 0.3) is 10.9 Å². The smallest absolute Gasteiger partial charge is 0.240 e. The van der Waals surface area contributed by atoms with Crippen LogP contribution in [0.4, 0.5) is 0 Å². The molecule has 1 atom stereocenters. The Morgan fingerprint density at radius 3 is 2.24 bits per heavy atom. The van der Waals surface area contributed by atoms with E-state index in [9.17, 15) is 4.79 Å². The largest absolute Gasteiger partial charge is 0.488 e. The summed E-state index contributed by atoms with van der Waals surface area (Å²) in [6.07, 6.45) is 3.02. The Morgan fingerprint density at radius 2 is 1.66 bits per heavy atom. The molecule has 2 N–H and O–H groups in total. The van der Waals surface area contributed by atoms with Gasteiger partial charge in [0.1, 0.15) is 11.4 Å². The van der Waals surface area contributed by atoms with E-state index < -0.39 is 12.3 Å². The van der Waals surface area contributed by atoms with Crippen molar-refractivity contribution in [2.45, 2.75) is 78.9 Å². The van der Waals surface area contributed by atoms with Gasteiger partial charge in [0.25, 0.3) is 0 Å². The van der Waals surface area contributed by atoms with E-state index in [1.807, 2.05) is 58.9 Å². The van der Waals surface area contributed by atoms with Gasteiger partial charge in [0.2, 0.25) is 5.91 Å². The number of benzene rings is 2. The lowest BCUT2D eigenvalue weighted by atomic mass is 10.0. The van der Waals surface area contributed by atoms with E-state index in [0.29, 0.717) is 32.7 Å². The molecule has 0 aliphatic rings. The van der Waals surface area contributed by atoms with Crippen LogP contribution in [-0.4, -0.2) is 53.1 Å². The van der Waals surface area contributed by atoms with Crippen molar-refractivity contribution in [3.8, 4) is 5.75 Å². The number of hydrogen-bond acceptors (Lipinski definition) is 5. The maximum absolute atomic E-state index is 13.8. The van der Waals surface area contributed by atoms with Crippen LogP contribution in [0.3, 0.4) is 0 Å². The fourth-order valence-electron chi connectivity index (χ4n) is 4.81. The van der Waals surface area contributed by atoms with Gasteiger partial charge in [0.15, 0.2) is 6.29 Å². The van der Waals surface area contributed by atoms with Gasteiger partial charge in [0, 0.05) is 38.4 Å². The van der Waals surface area contributed by atoms with E-state index in [1.54, 1.807) is 4.90 Å². The van der Waals surface area contributed by atoms with E-state index in [-0.39, 0.29) is 11.5 Å². The molecule has 0 bridgehead atoms. The number of nitrogens with two attached hydrogens (primary N) is 1. The zero-order valence-corrected chi connectivity index (χ0v) is 24.1. The minimum absolute atomic E-state index is 0.133. The number of fused-ring (bicyclic) bond motifs is 1. The Bertz CT molecular complexity index is 1170. The molecule has 0 aliphatic heterocycles. The molecule has 1 heterocycles. The maximum atomic E-state index is 13.8. The molecule has 1 aromatic heterocycles. The van der Waals surface area contributed by atoms with Crippen molar-refractivity contribution >= 4 is 16.8 Å². The van der Waals surface area contributed by atoms with Crippen LogP contribution in [0.2, 0.25) is 0 Å². The average Bonchev–Trinajstić information content (AvgIpc) is 3.20. The molecule has 1 unspecified atom stereocenters. The fraction of sp³-hybridized carbons (Fsp3) is 0.516. The lowest BCUT2D eigenvalue weighted by molar-refractivity contribution is -0.160. The Kier molecular flexibility index (Phi) is 10.4. The second-order valence-electron chi connectivity index (χ2n) is 10.7. The molecule has 0 saturated heterocycles. The summed E-state index contributed by atoms with van der Waals surface area (Å²) >= 11 is 0. The molecular formula is C31H45N3O4. The Balaban J connectivity index is 1.85. The predicted molar refractivity (Wildman–Crippen MR) is 153 cm³/mol. The maximum Gasteiger partial charge on any atom is 0.240 e. The van der Waals surface area contributed by atoms with Crippen LogP contribution < -0.4 is 10.5 Å². The number of nitrogens with zero attached hydrogens (tertiary/aromatic N) is 2. The third-order valence-electron chi connectivity index (χ3n) is 6.42. The zero-order chi connectivity index (χ0) is 27.9. The molecule has 208 valence electrons. The molecule has 1 amide bonds. The lowest BCUT2D eigenvalue weighted by Gasteiger charge is -2.30. The Labute approximate surface area is 227 Å². The first-order chi connectivity index (χ1) is 18.1. The minimum atomic E-state index is -0.702. The van der Waals surface area contributed by atoms with E-state index in [2.05, 4.69) is 42.9 Å². The highest BCUT2D eigenvalue weighted by Gasteiger charge is 2.26. The predicted octanol–water partition coefficient (Wildman–Crippen LogP) is 5.22. The molecule has 7 nitrogen and oxygen atoms in total. The summed E-state index contributed by atoms with van der Waals surface area (Å²) in [5.41, 5.74) is 10.7. The van der Waals surface area contributed by atoms with Crippen molar-refractivity contribution in [3.63, 3.8) is 0 Å². The molecular weight excluding hydrogens is 478 g/mol. The van der Waals surface area contributed by atoms with Crippen LogP contribution in [-0.2, 0) is 40.7 Å². The summed E-state index contributed by atoms with van der Waals surface area (Å²) in [5, 5.41) is 1.22. The van der Waals surface area contributed by atoms with E-state index in [0.717, 1.165) is 28.8 Å². The number of ether oxygens (including phenoxy) is 3. The molecule has 0 saturated carbocycles. The normalized spacial score (nSPS) is 12.8. The van der Waals surface area contributed by atoms with Gasteiger partial charge in [-0.25, -0.2) is 0 Å².